The Labute approximate surface area is 140 Å². The van der Waals surface area contributed by atoms with Crippen molar-refractivity contribution < 1.29 is 12.8 Å². The Kier molecular flexibility index (Phi) is 3.30. The summed E-state index contributed by atoms with van der Waals surface area (Å²) >= 11 is 0. The number of rotatable bonds is 3. The van der Waals surface area contributed by atoms with E-state index in [1.54, 1.807) is 6.20 Å². The number of benzene rings is 2. The number of para-hydroxylation sites is 1. The highest BCUT2D eigenvalue weighted by atomic mass is 32.2. The Morgan fingerprint density at radius 1 is 1.12 bits per heavy atom. The fourth-order valence-electron chi connectivity index (χ4n) is 3.31. The van der Waals surface area contributed by atoms with Crippen LogP contribution in [0.1, 0.15) is 5.56 Å². The summed E-state index contributed by atoms with van der Waals surface area (Å²) in [5.74, 6) is -0.436. The van der Waals surface area contributed by atoms with Crippen molar-refractivity contribution in [1.82, 2.24) is 8.87 Å². The van der Waals surface area contributed by atoms with Gasteiger partial charge in [0.05, 0.1) is 10.4 Å². The normalized spacial score (nSPS) is 15.0. The van der Waals surface area contributed by atoms with Crippen LogP contribution in [0.25, 0.3) is 22.0 Å². The minimum absolute atomic E-state index is 0.152. The van der Waals surface area contributed by atoms with E-state index < -0.39 is 15.8 Å². The molecule has 0 atom stereocenters. The van der Waals surface area contributed by atoms with E-state index in [0.29, 0.717) is 11.1 Å². The maximum atomic E-state index is 13.7. The van der Waals surface area contributed by atoms with Crippen molar-refractivity contribution in [3.8, 4) is 11.1 Å². The topological polar surface area (TPSA) is 42.3 Å². The lowest BCUT2D eigenvalue weighted by Gasteiger charge is -2.19. The van der Waals surface area contributed by atoms with Gasteiger partial charge in [-0.15, -0.1) is 0 Å². The van der Waals surface area contributed by atoms with Crippen LogP contribution in [0.3, 0.4) is 0 Å². The minimum atomic E-state index is -3.71. The maximum Gasteiger partial charge on any atom is 0.268 e. The summed E-state index contributed by atoms with van der Waals surface area (Å²) in [7, 11) is 0.263. The molecule has 1 aliphatic heterocycles. The summed E-state index contributed by atoms with van der Waals surface area (Å²) in [4.78, 5) is 2.21. The molecular formula is C18H17FN2O2S. The smallest absolute Gasteiger partial charge is 0.268 e. The lowest BCUT2D eigenvalue weighted by atomic mass is 10.0. The molecule has 0 aliphatic carbocycles. The fourth-order valence-corrected chi connectivity index (χ4v) is 4.91. The molecule has 3 aromatic rings. The zero-order valence-electron chi connectivity index (χ0n) is 13.5. The first kappa shape index (κ1) is 15.4. The Hall–Kier alpha value is -2.18. The van der Waals surface area contributed by atoms with Gasteiger partial charge in [-0.25, -0.2) is 16.8 Å². The average molecular weight is 344 g/mol. The Morgan fingerprint density at radius 3 is 2.67 bits per heavy atom. The molecule has 6 heteroatoms. The number of fused-ring (bicyclic) bond motifs is 2. The number of hydrogen-bond donors (Lipinski definition) is 0. The predicted molar refractivity (Wildman–Crippen MR) is 92.2 cm³/mol. The summed E-state index contributed by atoms with van der Waals surface area (Å²) in [6, 6.07) is 9.52. The second-order valence-electron chi connectivity index (χ2n) is 6.35. The zero-order valence-corrected chi connectivity index (χ0v) is 14.3. The van der Waals surface area contributed by atoms with Gasteiger partial charge in [0.2, 0.25) is 0 Å². The second-order valence-corrected chi connectivity index (χ2v) is 8.13. The molecule has 0 amide bonds. The molecule has 4 rings (SSSR count). The predicted octanol–water partition coefficient (Wildman–Crippen LogP) is 3.10. The Morgan fingerprint density at radius 2 is 1.92 bits per heavy atom. The average Bonchev–Trinajstić information content (AvgIpc) is 2.91. The van der Waals surface area contributed by atoms with E-state index in [1.165, 1.54) is 22.2 Å². The largest absolute Gasteiger partial charge is 0.309 e. The number of halogens is 1. The lowest BCUT2D eigenvalue weighted by Crippen LogP contribution is -2.17. The summed E-state index contributed by atoms with van der Waals surface area (Å²) in [6.07, 6.45) is 2.46. The van der Waals surface area contributed by atoms with Crippen LogP contribution in [0.4, 0.5) is 4.39 Å². The highest BCUT2D eigenvalue weighted by molar-refractivity contribution is 7.90. The maximum absolute atomic E-state index is 13.7. The molecule has 0 radical (unpaired) electrons. The van der Waals surface area contributed by atoms with Gasteiger partial charge in [-0.05, 0) is 44.3 Å². The molecule has 0 fully saturated rings. The van der Waals surface area contributed by atoms with Crippen molar-refractivity contribution in [2.24, 2.45) is 0 Å². The fraction of sp³-hybridized carbons (Fsp3) is 0.222. The van der Waals surface area contributed by atoms with E-state index in [4.69, 9.17) is 0 Å². The van der Waals surface area contributed by atoms with E-state index in [0.717, 1.165) is 29.5 Å². The van der Waals surface area contributed by atoms with Gasteiger partial charge in [0.1, 0.15) is 5.82 Å². The van der Waals surface area contributed by atoms with Gasteiger partial charge < -0.3 is 4.90 Å². The molecule has 2 heterocycles. The third-order valence-corrected chi connectivity index (χ3v) is 6.19. The van der Waals surface area contributed by atoms with Crippen LogP contribution in [0.2, 0.25) is 0 Å². The van der Waals surface area contributed by atoms with Crippen LogP contribution in [-0.2, 0) is 16.4 Å². The van der Waals surface area contributed by atoms with Gasteiger partial charge in [0.15, 0.2) is 0 Å². The molecule has 1 aliphatic rings. The van der Waals surface area contributed by atoms with Gasteiger partial charge >= 0.3 is 0 Å². The Bertz CT molecular complexity index is 1070. The van der Waals surface area contributed by atoms with Gasteiger partial charge in [0, 0.05) is 29.3 Å². The molecule has 0 saturated carbocycles. The molecule has 0 bridgehead atoms. The number of nitrogens with zero attached hydrogens (tertiary/aromatic N) is 2. The van der Waals surface area contributed by atoms with E-state index in [1.807, 2.05) is 32.3 Å². The Balaban J connectivity index is 2.05. The molecule has 4 nitrogen and oxygen atoms in total. The van der Waals surface area contributed by atoms with Crippen LogP contribution in [-0.4, -0.2) is 37.9 Å². The molecular weight excluding hydrogens is 327 g/mol. The summed E-state index contributed by atoms with van der Waals surface area (Å²) < 4.78 is 41.0. The minimum Gasteiger partial charge on any atom is -0.309 e. The standard InChI is InChI=1S/C18H17FN2O2S/c1-20(2)9-8-12-11-21-18-14(12)4-3-5-15(18)16-10-13(19)6-7-17(16)24(21,22)23/h3-7,10-11H,8-9H2,1-2H3. The lowest BCUT2D eigenvalue weighted by molar-refractivity contribution is 0.414. The third kappa shape index (κ3) is 2.10. The first-order valence-electron chi connectivity index (χ1n) is 7.73. The summed E-state index contributed by atoms with van der Waals surface area (Å²) in [5.41, 5.74) is 2.82. The summed E-state index contributed by atoms with van der Waals surface area (Å²) in [6.45, 7) is 0.824. The zero-order chi connectivity index (χ0) is 17.1. The highest BCUT2D eigenvalue weighted by Crippen LogP contribution is 2.41. The quantitative estimate of drug-likeness (QED) is 0.573. The van der Waals surface area contributed by atoms with Crippen LogP contribution in [0, 0.1) is 5.82 Å². The second kappa shape index (κ2) is 5.16. The first-order chi connectivity index (χ1) is 11.4. The molecule has 1 aromatic heterocycles. The molecule has 24 heavy (non-hydrogen) atoms. The van der Waals surface area contributed by atoms with Gasteiger partial charge in [-0.1, -0.05) is 18.2 Å². The summed E-state index contributed by atoms with van der Waals surface area (Å²) in [5, 5.41) is 0.910. The van der Waals surface area contributed by atoms with Crippen molar-refractivity contribution in [1.29, 1.82) is 0 Å². The first-order valence-corrected chi connectivity index (χ1v) is 9.17. The van der Waals surface area contributed by atoms with Gasteiger partial charge in [-0.2, -0.15) is 0 Å². The molecule has 0 unspecified atom stereocenters. The van der Waals surface area contributed by atoms with E-state index in [9.17, 15) is 12.8 Å². The van der Waals surface area contributed by atoms with Gasteiger partial charge in [0.25, 0.3) is 10.0 Å². The van der Waals surface area contributed by atoms with Crippen LogP contribution in [0.5, 0.6) is 0 Å². The van der Waals surface area contributed by atoms with Gasteiger partial charge in [-0.3, -0.25) is 0 Å². The van der Waals surface area contributed by atoms with Crippen molar-refractivity contribution in [2.45, 2.75) is 11.3 Å². The molecule has 0 N–H and O–H groups in total. The number of aromatic nitrogens is 1. The number of hydrogen-bond acceptors (Lipinski definition) is 3. The third-order valence-electron chi connectivity index (χ3n) is 4.47. The van der Waals surface area contributed by atoms with Crippen LogP contribution >= 0.6 is 0 Å². The molecule has 0 saturated heterocycles. The van der Waals surface area contributed by atoms with Crippen molar-refractivity contribution in [3.63, 3.8) is 0 Å². The monoisotopic (exact) mass is 344 g/mol. The molecule has 2 aromatic carbocycles. The van der Waals surface area contributed by atoms with Crippen molar-refractivity contribution >= 4 is 20.9 Å². The SMILES string of the molecule is CN(C)CCc1cn2c3c(cccc13)-c1cc(F)ccc1S2(=O)=O. The van der Waals surface area contributed by atoms with Crippen LogP contribution < -0.4 is 0 Å². The van der Waals surface area contributed by atoms with Crippen LogP contribution in [0.15, 0.2) is 47.5 Å². The molecule has 124 valence electrons. The van der Waals surface area contributed by atoms with Crippen molar-refractivity contribution in [2.75, 3.05) is 20.6 Å². The molecule has 0 spiro atoms. The number of likely N-dealkylation sites (N-methyl/N-ethyl adjacent to an activating group) is 1. The van der Waals surface area contributed by atoms with Crippen molar-refractivity contribution in [3.05, 3.63) is 54.0 Å². The van der Waals surface area contributed by atoms with E-state index in [-0.39, 0.29) is 4.90 Å². The van der Waals surface area contributed by atoms with E-state index in [2.05, 4.69) is 4.90 Å². The van der Waals surface area contributed by atoms with E-state index >= 15 is 0 Å². The highest BCUT2D eigenvalue weighted by Gasteiger charge is 2.31.